The van der Waals surface area contributed by atoms with Gasteiger partial charge < -0.3 is 15.4 Å². The van der Waals surface area contributed by atoms with Crippen LogP contribution in [-0.2, 0) is 9.53 Å². The smallest absolute Gasteiger partial charge is 0.340 e. The number of carbonyl (C=O) groups excluding carboxylic acids is 2. The molecule has 0 heterocycles. The molecular weight excluding hydrogens is 306 g/mol. The van der Waals surface area contributed by atoms with Crippen molar-refractivity contribution < 1.29 is 14.3 Å². The second kappa shape index (κ2) is 10.8. The average molecular weight is 329 g/mol. The van der Waals surface area contributed by atoms with Gasteiger partial charge in [0.25, 0.3) is 5.91 Å². The molecule has 1 aromatic carbocycles. The molecular formula is C18H23N3O3. The molecule has 0 bridgehead atoms. The highest BCUT2D eigenvalue weighted by atomic mass is 16.5. The number of unbranched alkanes of at least 4 members (excludes halogenated alkanes) is 1. The Morgan fingerprint density at radius 1 is 1.25 bits per heavy atom. The Labute approximate surface area is 142 Å². The number of carbonyl (C=O) groups is 2. The van der Waals surface area contributed by atoms with Crippen LogP contribution in [0, 0.1) is 11.3 Å². The number of ether oxygens (including phenoxy) is 1. The Morgan fingerprint density at radius 3 is 2.67 bits per heavy atom. The van der Waals surface area contributed by atoms with Crippen LogP contribution in [0.1, 0.15) is 43.5 Å². The largest absolute Gasteiger partial charge is 0.462 e. The van der Waals surface area contributed by atoms with Crippen LogP contribution in [0.4, 0.5) is 5.69 Å². The third-order valence-corrected chi connectivity index (χ3v) is 3.15. The summed E-state index contributed by atoms with van der Waals surface area (Å²) in [6, 6.07) is 8.64. The Kier molecular flexibility index (Phi) is 8.69. The number of nitrogens with one attached hydrogen (secondary N) is 2. The molecule has 1 aromatic rings. The maximum absolute atomic E-state index is 12.1. The van der Waals surface area contributed by atoms with Crippen molar-refractivity contribution in [1.29, 1.82) is 5.26 Å². The Balaban J connectivity index is 2.83. The van der Waals surface area contributed by atoms with E-state index in [1.807, 2.05) is 19.9 Å². The molecule has 0 atom stereocenters. The van der Waals surface area contributed by atoms with E-state index in [-0.39, 0.29) is 5.57 Å². The minimum Gasteiger partial charge on any atom is -0.462 e. The zero-order valence-corrected chi connectivity index (χ0v) is 14.1. The zero-order chi connectivity index (χ0) is 17.8. The van der Waals surface area contributed by atoms with Crippen LogP contribution < -0.4 is 10.6 Å². The standard InChI is InChI=1S/C18H23N3O3/c1-3-5-11-24-18(23)15-8-6-7-9-16(15)21-13-14(12-19)17(22)20-10-4-2/h6-9,13,21H,3-5,10-11H2,1-2H3,(H,20,22)/b14-13-. The van der Waals surface area contributed by atoms with Gasteiger partial charge in [-0.25, -0.2) is 4.79 Å². The number of anilines is 1. The zero-order valence-electron chi connectivity index (χ0n) is 14.1. The number of nitrogens with zero attached hydrogens (tertiary/aromatic N) is 1. The Hall–Kier alpha value is -2.81. The van der Waals surface area contributed by atoms with Crippen LogP contribution in [0.5, 0.6) is 0 Å². The molecule has 0 aliphatic carbocycles. The van der Waals surface area contributed by atoms with Crippen LogP contribution >= 0.6 is 0 Å². The fourth-order valence-electron chi connectivity index (χ4n) is 1.81. The van der Waals surface area contributed by atoms with Gasteiger partial charge in [-0.3, -0.25) is 4.79 Å². The van der Waals surface area contributed by atoms with Gasteiger partial charge in [-0.2, -0.15) is 5.26 Å². The second-order valence-electron chi connectivity index (χ2n) is 5.11. The minimum absolute atomic E-state index is 0.0578. The number of esters is 1. The van der Waals surface area contributed by atoms with Gasteiger partial charge in [-0.05, 0) is 25.0 Å². The summed E-state index contributed by atoms with van der Waals surface area (Å²) in [7, 11) is 0. The van der Waals surface area contributed by atoms with Crippen LogP contribution in [0.3, 0.4) is 0 Å². The van der Waals surface area contributed by atoms with Gasteiger partial charge in [0.15, 0.2) is 0 Å². The van der Waals surface area contributed by atoms with Gasteiger partial charge in [0.05, 0.1) is 17.9 Å². The maximum Gasteiger partial charge on any atom is 0.340 e. The average Bonchev–Trinajstić information content (AvgIpc) is 2.60. The molecule has 6 heteroatoms. The fraction of sp³-hybridized carbons (Fsp3) is 0.389. The van der Waals surface area contributed by atoms with Crippen molar-refractivity contribution in [1.82, 2.24) is 5.32 Å². The van der Waals surface area contributed by atoms with Gasteiger partial charge in [-0.1, -0.05) is 32.4 Å². The van der Waals surface area contributed by atoms with E-state index in [4.69, 9.17) is 10.00 Å². The van der Waals surface area contributed by atoms with E-state index in [2.05, 4.69) is 10.6 Å². The molecule has 6 nitrogen and oxygen atoms in total. The molecule has 0 aliphatic rings. The van der Waals surface area contributed by atoms with Crippen molar-refractivity contribution in [3.63, 3.8) is 0 Å². The summed E-state index contributed by atoms with van der Waals surface area (Å²) in [6.07, 6.45) is 3.82. The quantitative estimate of drug-likeness (QED) is 0.314. The monoisotopic (exact) mass is 329 g/mol. The molecule has 0 unspecified atom stereocenters. The van der Waals surface area contributed by atoms with E-state index in [0.717, 1.165) is 19.3 Å². The van der Waals surface area contributed by atoms with Gasteiger partial charge in [0.2, 0.25) is 0 Å². The molecule has 2 N–H and O–H groups in total. The second-order valence-corrected chi connectivity index (χ2v) is 5.11. The van der Waals surface area contributed by atoms with E-state index >= 15 is 0 Å². The first-order valence-electron chi connectivity index (χ1n) is 8.05. The van der Waals surface area contributed by atoms with Crippen LogP contribution in [0.15, 0.2) is 36.0 Å². The summed E-state index contributed by atoms with van der Waals surface area (Å²) in [4.78, 5) is 23.9. The predicted molar refractivity (Wildman–Crippen MR) is 92.3 cm³/mol. The maximum atomic E-state index is 12.1. The number of hydrogen-bond acceptors (Lipinski definition) is 5. The van der Waals surface area contributed by atoms with Crippen molar-refractivity contribution >= 4 is 17.6 Å². The molecule has 24 heavy (non-hydrogen) atoms. The van der Waals surface area contributed by atoms with E-state index in [9.17, 15) is 9.59 Å². The SMILES string of the molecule is CCCCOC(=O)c1ccccc1N/C=C(/C#N)C(=O)NCCC. The lowest BCUT2D eigenvalue weighted by Gasteiger charge is -2.09. The van der Waals surface area contributed by atoms with E-state index in [1.165, 1.54) is 6.20 Å². The molecule has 0 spiro atoms. The third kappa shape index (κ3) is 6.13. The summed E-state index contributed by atoms with van der Waals surface area (Å²) >= 11 is 0. The van der Waals surface area contributed by atoms with Gasteiger partial charge in [0.1, 0.15) is 11.6 Å². The van der Waals surface area contributed by atoms with Gasteiger partial charge >= 0.3 is 5.97 Å². The van der Waals surface area contributed by atoms with Crippen molar-refractivity contribution in [2.24, 2.45) is 0 Å². The Morgan fingerprint density at radius 2 is 2.00 bits per heavy atom. The topological polar surface area (TPSA) is 91.2 Å². The summed E-state index contributed by atoms with van der Waals surface area (Å²) in [5, 5.41) is 14.6. The van der Waals surface area contributed by atoms with E-state index in [1.54, 1.807) is 24.3 Å². The molecule has 1 rings (SSSR count). The number of amides is 1. The van der Waals surface area contributed by atoms with Crippen molar-refractivity contribution in [3.05, 3.63) is 41.6 Å². The number of benzene rings is 1. The van der Waals surface area contributed by atoms with Gasteiger partial charge in [0, 0.05) is 12.7 Å². The molecule has 0 fully saturated rings. The highest BCUT2D eigenvalue weighted by molar-refractivity contribution is 5.98. The normalized spacial score (nSPS) is 10.6. The van der Waals surface area contributed by atoms with E-state index in [0.29, 0.717) is 24.4 Å². The Bertz CT molecular complexity index is 633. The first kappa shape index (κ1) is 19.2. The predicted octanol–water partition coefficient (Wildman–Crippen LogP) is 2.99. The first-order valence-corrected chi connectivity index (χ1v) is 8.05. The molecule has 0 aliphatic heterocycles. The molecule has 1 amide bonds. The molecule has 0 saturated carbocycles. The molecule has 0 radical (unpaired) electrons. The van der Waals surface area contributed by atoms with Crippen molar-refractivity contribution in [2.75, 3.05) is 18.5 Å². The third-order valence-electron chi connectivity index (χ3n) is 3.15. The minimum atomic E-state index is -0.449. The summed E-state index contributed by atoms with van der Waals surface area (Å²) < 4.78 is 5.20. The molecule has 0 saturated heterocycles. The highest BCUT2D eigenvalue weighted by Gasteiger charge is 2.13. The lowest BCUT2D eigenvalue weighted by atomic mass is 10.1. The number of para-hydroxylation sites is 1. The first-order chi connectivity index (χ1) is 11.6. The summed E-state index contributed by atoms with van der Waals surface area (Å²) in [5.74, 6) is -0.885. The number of nitriles is 1. The van der Waals surface area contributed by atoms with Crippen molar-refractivity contribution in [2.45, 2.75) is 33.1 Å². The van der Waals surface area contributed by atoms with Crippen LogP contribution in [0.25, 0.3) is 0 Å². The lowest BCUT2D eigenvalue weighted by molar-refractivity contribution is -0.117. The highest BCUT2D eigenvalue weighted by Crippen LogP contribution is 2.17. The fourth-order valence-corrected chi connectivity index (χ4v) is 1.81. The van der Waals surface area contributed by atoms with E-state index < -0.39 is 11.9 Å². The molecule has 128 valence electrons. The van der Waals surface area contributed by atoms with Gasteiger partial charge in [-0.15, -0.1) is 0 Å². The van der Waals surface area contributed by atoms with Crippen molar-refractivity contribution in [3.8, 4) is 6.07 Å². The number of hydrogen-bond donors (Lipinski definition) is 2. The lowest BCUT2D eigenvalue weighted by Crippen LogP contribution is -2.25. The number of rotatable bonds is 9. The summed E-state index contributed by atoms with van der Waals surface area (Å²) in [5.41, 5.74) is 0.781. The van der Waals surface area contributed by atoms with Crippen LogP contribution in [-0.4, -0.2) is 25.0 Å². The van der Waals surface area contributed by atoms with Crippen LogP contribution in [0.2, 0.25) is 0 Å². The molecule has 0 aromatic heterocycles. The summed E-state index contributed by atoms with van der Waals surface area (Å²) in [6.45, 7) is 4.80.